The molecule has 1 aromatic carbocycles. The first kappa shape index (κ1) is 16.4. The van der Waals surface area contributed by atoms with Crippen molar-refractivity contribution in [1.29, 1.82) is 0 Å². The standard InChI is InChI=1S/C15H21F2NO2/c1-4-5-10(2)14(19)18-11(3)12-6-8-13(9-7-12)20-15(16)17/h6-11,15H,4-5H2,1-3H3,(H,18,19). The highest BCUT2D eigenvalue weighted by atomic mass is 19.3. The molecule has 112 valence electrons. The first-order valence-electron chi connectivity index (χ1n) is 6.79. The van der Waals surface area contributed by atoms with Gasteiger partial charge in [-0.2, -0.15) is 8.78 Å². The number of ether oxygens (including phenoxy) is 1. The van der Waals surface area contributed by atoms with Gasteiger partial charge in [0.25, 0.3) is 0 Å². The van der Waals surface area contributed by atoms with E-state index in [1.807, 2.05) is 20.8 Å². The van der Waals surface area contributed by atoms with Gasteiger partial charge in [-0.05, 0) is 31.0 Å². The van der Waals surface area contributed by atoms with E-state index in [0.717, 1.165) is 18.4 Å². The summed E-state index contributed by atoms with van der Waals surface area (Å²) in [7, 11) is 0. The molecule has 0 bridgehead atoms. The van der Waals surface area contributed by atoms with Crippen molar-refractivity contribution in [2.24, 2.45) is 5.92 Å². The van der Waals surface area contributed by atoms with Crippen LogP contribution in [0.2, 0.25) is 0 Å². The van der Waals surface area contributed by atoms with Crippen LogP contribution in [0.1, 0.15) is 45.2 Å². The molecular weight excluding hydrogens is 264 g/mol. The third-order valence-corrected chi connectivity index (χ3v) is 3.13. The molecule has 0 radical (unpaired) electrons. The van der Waals surface area contributed by atoms with Crippen LogP contribution in [-0.2, 0) is 4.79 Å². The second-order valence-corrected chi connectivity index (χ2v) is 4.87. The van der Waals surface area contributed by atoms with Gasteiger partial charge in [-0.25, -0.2) is 0 Å². The zero-order valence-electron chi connectivity index (χ0n) is 12.0. The van der Waals surface area contributed by atoms with Crippen molar-refractivity contribution >= 4 is 5.91 Å². The van der Waals surface area contributed by atoms with Gasteiger partial charge in [-0.1, -0.05) is 32.4 Å². The van der Waals surface area contributed by atoms with E-state index in [0.29, 0.717) is 0 Å². The van der Waals surface area contributed by atoms with Crippen LogP contribution < -0.4 is 10.1 Å². The Hall–Kier alpha value is -1.65. The molecule has 1 N–H and O–H groups in total. The fourth-order valence-corrected chi connectivity index (χ4v) is 1.94. The molecule has 3 nitrogen and oxygen atoms in total. The Morgan fingerprint density at radius 1 is 1.25 bits per heavy atom. The van der Waals surface area contributed by atoms with Gasteiger partial charge in [-0.15, -0.1) is 0 Å². The van der Waals surface area contributed by atoms with E-state index in [1.54, 1.807) is 12.1 Å². The quantitative estimate of drug-likeness (QED) is 0.825. The Labute approximate surface area is 118 Å². The lowest BCUT2D eigenvalue weighted by atomic mass is 10.0. The van der Waals surface area contributed by atoms with Crippen LogP contribution >= 0.6 is 0 Å². The lowest BCUT2D eigenvalue weighted by Crippen LogP contribution is -2.31. The summed E-state index contributed by atoms with van der Waals surface area (Å²) in [6.07, 6.45) is 1.81. The summed E-state index contributed by atoms with van der Waals surface area (Å²) in [6.45, 7) is 2.97. The molecule has 0 fully saturated rings. The van der Waals surface area contributed by atoms with Gasteiger partial charge in [-0.3, -0.25) is 4.79 Å². The minimum absolute atomic E-state index is 0.00672. The number of carbonyl (C=O) groups is 1. The number of amides is 1. The van der Waals surface area contributed by atoms with Crippen LogP contribution in [0.15, 0.2) is 24.3 Å². The first-order valence-corrected chi connectivity index (χ1v) is 6.79. The predicted octanol–water partition coefficient (Wildman–Crippen LogP) is 3.90. The molecule has 1 rings (SSSR count). The molecule has 0 spiro atoms. The molecule has 0 aliphatic heterocycles. The van der Waals surface area contributed by atoms with Gasteiger partial charge >= 0.3 is 6.61 Å². The van der Waals surface area contributed by atoms with Crippen LogP contribution in [0, 0.1) is 5.92 Å². The van der Waals surface area contributed by atoms with E-state index in [-0.39, 0.29) is 23.6 Å². The summed E-state index contributed by atoms with van der Waals surface area (Å²) in [6, 6.07) is 6.13. The Balaban J connectivity index is 2.59. The van der Waals surface area contributed by atoms with E-state index in [2.05, 4.69) is 10.1 Å². The molecule has 0 aliphatic carbocycles. The molecule has 2 unspecified atom stereocenters. The lowest BCUT2D eigenvalue weighted by molar-refractivity contribution is -0.125. The zero-order valence-corrected chi connectivity index (χ0v) is 12.0. The fourth-order valence-electron chi connectivity index (χ4n) is 1.94. The Bertz CT molecular complexity index is 420. The SMILES string of the molecule is CCCC(C)C(=O)NC(C)c1ccc(OC(F)F)cc1. The van der Waals surface area contributed by atoms with Crippen molar-refractivity contribution in [2.75, 3.05) is 0 Å². The van der Waals surface area contributed by atoms with Gasteiger partial charge in [0.05, 0.1) is 6.04 Å². The normalized spacial score (nSPS) is 13.9. The Morgan fingerprint density at radius 2 is 1.85 bits per heavy atom. The van der Waals surface area contributed by atoms with Gasteiger partial charge in [0, 0.05) is 5.92 Å². The largest absolute Gasteiger partial charge is 0.435 e. The molecular formula is C15H21F2NO2. The number of benzene rings is 1. The molecule has 1 aromatic rings. The molecule has 5 heteroatoms. The van der Waals surface area contributed by atoms with Crippen LogP contribution in [0.5, 0.6) is 5.75 Å². The molecule has 0 saturated carbocycles. The molecule has 2 atom stereocenters. The average Bonchev–Trinajstić information content (AvgIpc) is 2.39. The summed E-state index contributed by atoms with van der Waals surface area (Å²) in [5, 5.41) is 2.91. The molecule has 0 aliphatic rings. The number of nitrogens with one attached hydrogen (secondary N) is 1. The first-order chi connectivity index (χ1) is 9.43. The number of rotatable bonds is 7. The van der Waals surface area contributed by atoms with Crippen molar-refractivity contribution in [3.8, 4) is 5.75 Å². The number of carbonyl (C=O) groups excluding carboxylic acids is 1. The van der Waals surface area contributed by atoms with Crippen LogP contribution in [-0.4, -0.2) is 12.5 Å². The predicted molar refractivity (Wildman–Crippen MR) is 73.7 cm³/mol. The van der Waals surface area contributed by atoms with Crippen molar-refractivity contribution in [3.63, 3.8) is 0 Å². The van der Waals surface area contributed by atoms with E-state index in [1.165, 1.54) is 12.1 Å². The van der Waals surface area contributed by atoms with E-state index >= 15 is 0 Å². The maximum Gasteiger partial charge on any atom is 0.387 e. The summed E-state index contributed by atoms with van der Waals surface area (Å²) >= 11 is 0. The monoisotopic (exact) mass is 285 g/mol. The highest BCUT2D eigenvalue weighted by molar-refractivity contribution is 5.78. The van der Waals surface area contributed by atoms with Crippen molar-refractivity contribution in [1.82, 2.24) is 5.32 Å². The van der Waals surface area contributed by atoms with Crippen molar-refractivity contribution in [3.05, 3.63) is 29.8 Å². The van der Waals surface area contributed by atoms with E-state index in [9.17, 15) is 13.6 Å². The topological polar surface area (TPSA) is 38.3 Å². The molecule has 20 heavy (non-hydrogen) atoms. The van der Waals surface area contributed by atoms with Crippen molar-refractivity contribution in [2.45, 2.75) is 46.3 Å². The lowest BCUT2D eigenvalue weighted by Gasteiger charge is -2.18. The van der Waals surface area contributed by atoms with Gasteiger partial charge < -0.3 is 10.1 Å². The molecule has 0 saturated heterocycles. The number of halogens is 2. The minimum atomic E-state index is -2.83. The summed E-state index contributed by atoms with van der Waals surface area (Å²) in [4.78, 5) is 11.9. The number of hydrogen-bond acceptors (Lipinski definition) is 2. The Morgan fingerprint density at radius 3 is 2.35 bits per heavy atom. The number of hydrogen-bond donors (Lipinski definition) is 1. The fraction of sp³-hybridized carbons (Fsp3) is 0.533. The minimum Gasteiger partial charge on any atom is -0.435 e. The molecule has 0 aromatic heterocycles. The Kier molecular flexibility index (Phi) is 6.42. The maximum absolute atomic E-state index is 12.0. The van der Waals surface area contributed by atoms with Crippen LogP contribution in [0.4, 0.5) is 8.78 Å². The average molecular weight is 285 g/mol. The second-order valence-electron chi connectivity index (χ2n) is 4.87. The van der Waals surface area contributed by atoms with Gasteiger partial charge in [0.15, 0.2) is 0 Å². The molecule has 1 amide bonds. The second kappa shape index (κ2) is 7.82. The van der Waals surface area contributed by atoms with E-state index < -0.39 is 6.61 Å². The van der Waals surface area contributed by atoms with E-state index in [4.69, 9.17) is 0 Å². The number of alkyl halides is 2. The summed E-state index contributed by atoms with van der Waals surface area (Å²) in [5.41, 5.74) is 0.851. The third-order valence-electron chi connectivity index (χ3n) is 3.13. The highest BCUT2D eigenvalue weighted by Crippen LogP contribution is 2.19. The zero-order chi connectivity index (χ0) is 15.1. The van der Waals surface area contributed by atoms with Crippen LogP contribution in [0.3, 0.4) is 0 Å². The third kappa shape index (κ3) is 5.15. The molecule has 0 heterocycles. The van der Waals surface area contributed by atoms with Crippen LogP contribution in [0.25, 0.3) is 0 Å². The van der Waals surface area contributed by atoms with Crippen molar-refractivity contribution < 1.29 is 18.3 Å². The summed E-state index contributed by atoms with van der Waals surface area (Å²) in [5.74, 6) is 0.0952. The maximum atomic E-state index is 12.0. The van der Waals surface area contributed by atoms with Gasteiger partial charge in [0.1, 0.15) is 5.75 Å². The highest BCUT2D eigenvalue weighted by Gasteiger charge is 2.15. The smallest absolute Gasteiger partial charge is 0.387 e. The summed E-state index contributed by atoms with van der Waals surface area (Å²) < 4.78 is 28.3. The van der Waals surface area contributed by atoms with Gasteiger partial charge in [0.2, 0.25) is 5.91 Å².